The molecule has 0 aliphatic heterocycles. The maximum atomic E-state index is 12.9. The van der Waals surface area contributed by atoms with Crippen LogP contribution in [0.25, 0.3) is 0 Å². The maximum absolute atomic E-state index is 12.9. The van der Waals surface area contributed by atoms with Crippen molar-refractivity contribution in [1.82, 2.24) is 5.32 Å². The molecule has 0 aliphatic rings. The second-order valence-electron chi connectivity index (χ2n) is 3.44. The SMILES string of the molecule is CCC(O)CNCc1cccc(F)c1O. The van der Waals surface area contributed by atoms with Crippen molar-refractivity contribution in [3.63, 3.8) is 0 Å². The van der Waals surface area contributed by atoms with Gasteiger partial charge in [-0.1, -0.05) is 19.1 Å². The molecule has 0 fully saturated rings. The summed E-state index contributed by atoms with van der Waals surface area (Å²) in [6.07, 6.45) is 0.267. The van der Waals surface area contributed by atoms with Gasteiger partial charge < -0.3 is 15.5 Å². The quantitative estimate of drug-likeness (QED) is 0.692. The molecule has 0 spiro atoms. The number of aliphatic hydroxyl groups is 1. The Hall–Kier alpha value is -1.13. The van der Waals surface area contributed by atoms with Crippen LogP contribution >= 0.6 is 0 Å². The normalized spacial score (nSPS) is 12.7. The number of para-hydroxylation sites is 1. The van der Waals surface area contributed by atoms with E-state index >= 15 is 0 Å². The minimum absolute atomic E-state index is 0.323. The number of aromatic hydroxyl groups is 1. The Balaban J connectivity index is 2.47. The Morgan fingerprint density at radius 1 is 1.47 bits per heavy atom. The summed E-state index contributed by atoms with van der Waals surface area (Å²) in [5, 5.41) is 21.5. The smallest absolute Gasteiger partial charge is 0.165 e. The van der Waals surface area contributed by atoms with Crippen LogP contribution < -0.4 is 5.32 Å². The van der Waals surface area contributed by atoms with Crippen molar-refractivity contribution in [3.05, 3.63) is 29.6 Å². The van der Waals surface area contributed by atoms with Crippen LogP contribution in [0.4, 0.5) is 4.39 Å². The molecule has 3 nitrogen and oxygen atoms in total. The third-order valence-electron chi connectivity index (χ3n) is 2.24. The first-order valence-electron chi connectivity index (χ1n) is 5.00. The van der Waals surface area contributed by atoms with E-state index in [9.17, 15) is 14.6 Å². The van der Waals surface area contributed by atoms with Crippen molar-refractivity contribution in [1.29, 1.82) is 0 Å². The molecule has 3 N–H and O–H groups in total. The van der Waals surface area contributed by atoms with Gasteiger partial charge in [0.25, 0.3) is 0 Å². The molecule has 15 heavy (non-hydrogen) atoms. The molecule has 0 radical (unpaired) electrons. The zero-order valence-electron chi connectivity index (χ0n) is 8.70. The summed E-state index contributed by atoms with van der Waals surface area (Å²) in [7, 11) is 0. The number of halogens is 1. The van der Waals surface area contributed by atoms with E-state index in [1.54, 1.807) is 12.1 Å². The standard InChI is InChI=1S/C11H16FNO2/c1-2-9(14)7-13-6-8-4-3-5-10(12)11(8)15/h3-5,9,13-15H,2,6-7H2,1H3. The molecule has 1 aromatic rings. The molecule has 84 valence electrons. The first-order valence-corrected chi connectivity index (χ1v) is 5.00. The summed E-state index contributed by atoms with van der Waals surface area (Å²) in [6.45, 7) is 2.67. The first-order chi connectivity index (χ1) is 7.15. The monoisotopic (exact) mass is 213 g/mol. The fourth-order valence-electron chi connectivity index (χ4n) is 1.22. The van der Waals surface area contributed by atoms with Crippen LogP contribution in [0.5, 0.6) is 5.75 Å². The molecular formula is C11H16FNO2. The fourth-order valence-corrected chi connectivity index (χ4v) is 1.22. The molecule has 1 unspecified atom stereocenters. The van der Waals surface area contributed by atoms with Gasteiger partial charge in [-0.05, 0) is 12.5 Å². The molecule has 1 aromatic carbocycles. The zero-order valence-corrected chi connectivity index (χ0v) is 8.70. The second-order valence-corrected chi connectivity index (χ2v) is 3.44. The lowest BCUT2D eigenvalue weighted by molar-refractivity contribution is 0.167. The Kier molecular flexibility index (Phi) is 4.52. The number of phenolic OH excluding ortho intramolecular Hbond substituents is 1. The maximum Gasteiger partial charge on any atom is 0.165 e. The predicted octanol–water partition coefficient (Wildman–Crippen LogP) is 1.39. The van der Waals surface area contributed by atoms with E-state index in [4.69, 9.17) is 0 Å². The highest BCUT2D eigenvalue weighted by Crippen LogP contribution is 2.20. The number of aliphatic hydroxyl groups excluding tert-OH is 1. The molecule has 0 aromatic heterocycles. The van der Waals surface area contributed by atoms with E-state index in [-0.39, 0.29) is 5.75 Å². The zero-order chi connectivity index (χ0) is 11.3. The molecule has 4 heteroatoms. The Morgan fingerprint density at radius 2 is 2.20 bits per heavy atom. The van der Waals surface area contributed by atoms with Crippen LogP contribution in [-0.4, -0.2) is 22.9 Å². The molecule has 0 saturated carbocycles. The Labute approximate surface area is 88.6 Å². The van der Waals surface area contributed by atoms with Crippen LogP contribution in [0.3, 0.4) is 0 Å². The highest BCUT2D eigenvalue weighted by molar-refractivity contribution is 5.33. The molecule has 1 rings (SSSR count). The van der Waals surface area contributed by atoms with Gasteiger partial charge in [-0.2, -0.15) is 0 Å². The van der Waals surface area contributed by atoms with Crippen LogP contribution in [0.1, 0.15) is 18.9 Å². The van der Waals surface area contributed by atoms with Gasteiger partial charge >= 0.3 is 0 Å². The van der Waals surface area contributed by atoms with E-state index in [2.05, 4.69) is 5.32 Å². The Bertz CT molecular complexity index is 317. The van der Waals surface area contributed by atoms with Crippen LogP contribution in [0.15, 0.2) is 18.2 Å². The number of benzene rings is 1. The van der Waals surface area contributed by atoms with Crippen molar-refractivity contribution >= 4 is 0 Å². The van der Waals surface area contributed by atoms with Gasteiger partial charge in [-0.3, -0.25) is 0 Å². The average Bonchev–Trinajstić information content (AvgIpc) is 2.24. The van der Waals surface area contributed by atoms with Gasteiger partial charge in [-0.25, -0.2) is 4.39 Å². The lowest BCUT2D eigenvalue weighted by atomic mass is 10.2. The van der Waals surface area contributed by atoms with Crippen LogP contribution in [0, 0.1) is 5.82 Å². The van der Waals surface area contributed by atoms with E-state index in [1.165, 1.54) is 6.07 Å². The van der Waals surface area contributed by atoms with Gasteiger partial charge in [0, 0.05) is 18.7 Å². The van der Waals surface area contributed by atoms with E-state index < -0.39 is 11.9 Å². The molecule has 0 bridgehead atoms. The van der Waals surface area contributed by atoms with Crippen molar-refractivity contribution in [2.45, 2.75) is 26.0 Å². The predicted molar refractivity (Wildman–Crippen MR) is 56.1 cm³/mol. The van der Waals surface area contributed by atoms with Crippen molar-refractivity contribution in [3.8, 4) is 5.75 Å². The number of nitrogens with one attached hydrogen (secondary N) is 1. The minimum atomic E-state index is -0.620. The first kappa shape index (κ1) is 11.9. The van der Waals surface area contributed by atoms with Crippen molar-refractivity contribution in [2.24, 2.45) is 0 Å². The van der Waals surface area contributed by atoms with Gasteiger partial charge in [0.05, 0.1) is 6.10 Å². The Morgan fingerprint density at radius 3 is 2.87 bits per heavy atom. The summed E-state index contributed by atoms with van der Waals surface area (Å²) in [5.41, 5.74) is 0.498. The number of phenols is 1. The average molecular weight is 213 g/mol. The highest BCUT2D eigenvalue weighted by Gasteiger charge is 2.06. The fraction of sp³-hybridized carbons (Fsp3) is 0.455. The number of hydrogen-bond acceptors (Lipinski definition) is 3. The van der Waals surface area contributed by atoms with Gasteiger partial charge in [0.1, 0.15) is 0 Å². The van der Waals surface area contributed by atoms with E-state index in [1.807, 2.05) is 6.92 Å². The summed E-state index contributed by atoms with van der Waals surface area (Å²) < 4.78 is 12.9. The van der Waals surface area contributed by atoms with Crippen molar-refractivity contribution < 1.29 is 14.6 Å². The van der Waals surface area contributed by atoms with Crippen molar-refractivity contribution in [2.75, 3.05) is 6.54 Å². The number of rotatable bonds is 5. The highest BCUT2D eigenvalue weighted by atomic mass is 19.1. The topological polar surface area (TPSA) is 52.5 Å². The van der Waals surface area contributed by atoms with E-state index in [0.717, 1.165) is 0 Å². The van der Waals surface area contributed by atoms with Gasteiger partial charge in [0.2, 0.25) is 0 Å². The largest absolute Gasteiger partial charge is 0.505 e. The summed E-state index contributed by atoms with van der Waals surface area (Å²) in [5.74, 6) is -0.943. The minimum Gasteiger partial charge on any atom is -0.505 e. The molecule has 0 saturated heterocycles. The molecule has 0 amide bonds. The number of hydrogen-bond donors (Lipinski definition) is 3. The molecule has 0 aliphatic carbocycles. The third kappa shape index (κ3) is 3.49. The summed E-state index contributed by atoms with van der Waals surface area (Å²) in [6, 6.07) is 4.39. The molecule has 1 atom stereocenters. The molecular weight excluding hydrogens is 197 g/mol. The lowest BCUT2D eigenvalue weighted by Crippen LogP contribution is -2.25. The van der Waals surface area contributed by atoms with Gasteiger partial charge in [-0.15, -0.1) is 0 Å². The lowest BCUT2D eigenvalue weighted by Gasteiger charge is -2.10. The second kappa shape index (κ2) is 5.68. The van der Waals surface area contributed by atoms with Gasteiger partial charge in [0.15, 0.2) is 11.6 Å². The third-order valence-corrected chi connectivity index (χ3v) is 2.24. The molecule has 0 heterocycles. The van der Waals surface area contributed by atoms with E-state index in [0.29, 0.717) is 25.1 Å². The van der Waals surface area contributed by atoms with Crippen LogP contribution in [-0.2, 0) is 6.54 Å². The summed E-state index contributed by atoms with van der Waals surface area (Å²) >= 11 is 0. The summed E-state index contributed by atoms with van der Waals surface area (Å²) in [4.78, 5) is 0. The van der Waals surface area contributed by atoms with Crippen LogP contribution in [0.2, 0.25) is 0 Å².